The number of hydrogen-bond acceptors (Lipinski definition) is 4. The normalized spacial score (nSPS) is 11.3. The van der Waals surface area contributed by atoms with Gasteiger partial charge in [-0.25, -0.2) is 13.1 Å². The molecule has 7 heteroatoms. The van der Waals surface area contributed by atoms with Gasteiger partial charge in [-0.05, 0) is 29.8 Å². The van der Waals surface area contributed by atoms with Crippen LogP contribution in [0.2, 0.25) is 5.02 Å². The molecule has 2 rings (SSSR count). The van der Waals surface area contributed by atoms with Gasteiger partial charge in [0.05, 0.1) is 12.1 Å². The number of nitrogens with zero attached hydrogens (tertiary/aromatic N) is 1. The average molecular weight is 313 g/mol. The van der Waals surface area contributed by atoms with Crippen LogP contribution in [0.5, 0.6) is 5.75 Å². The number of nitrogens with one attached hydrogen (secondary N) is 1. The molecule has 2 aromatic rings. The second-order valence-electron chi connectivity index (χ2n) is 3.98. The Morgan fingerprint density at radius 3 is 2.55 bits per heavy atom. The minimum absolute atomic E-state index is 0.0222. The summed E-state index contributed by atoms with van der Waals surface area (Å²) in [7, 11) is -2.18. The number of sulfonamides is 1. The summed E-state index contributed by atoms with van der Waals surface area (Å²) in [6.07, 6.45) is 3.20. The van der Waals surface area contributed by atoms with Gasteiger partial charge in [0.15, 0.2) is 0 Å². The van der Waals surface area contributed by atoms with Crippen LogP contribution in [0.25, 0.3) is 0 Å². The second kappa shape index (κ2) is 6.21. The number of halogens is 1. The minimum atomic E-state index is -3.67. The van der Waals surface area contributed by atoms with Gasteiger partial charge >= 0.3 is 0 Å². The summed E-state index contributed by atoms with van der Waals surface area (Å²) < 4.78 is 31.8. The van der Waals surface area contributed by atoms with E-state index in [-0.39, 0.29) is 16.5 Å². The van der Waals surface area contributed by atoms with E-state index in [1.165, 1.54) is 19.2 Å². The number of aromatic nitrogens is 1. The molecule has 1 N–H and O–H groups in total. The van der Waals surface area contributed by atoms with E-state index in [1.54, 1.807) is 30.6 Å². The Kier molecular flexibility index (Phi) is 4.59. The summed E-state index contributed by atoms with van der Waals surface area (Å²) in [4.78, 5) is 3.89. The summed E-state index contributed by atoms with van der Waals surface area (Å²) in [6.45, 7) is 0.174. The van der Waals surface area contributed by atoms with E-state index in [4.69, 9.17) is 16.3 Å². The highest BCUT2D eigenvalue weighted by Crippen LogP contribution is 2.26. The van der Waals surface area contributed by atoms with Gasteiger partial charge in [0, 0.05) is 25.0 Å². The fraction of sp³-hybridized carbons (Fsp3) is 0.154. The zero-order valence-corrected chi connectivity index (χ0v) is 12.3. The smallest absolute Gasteiger partial charge is 0.242 e. The highest BCUT2D eigenvalue weighted by molar-refractivity contribution is 7.89. The Labute approximate surface area is 122 Å². The zero-order valence-electron chi connectivity index (χ0n) is 10.7. The number of pyridine rings is 1. The molecule has 0 amide bonds. The molecule has 0 unspecified atom stereocenters. The SMILES string of the molecule is COc1ccc(S(=O)(=O)NCc2ccncc2)c(Cl)c1. The summed E-state index contributed by atoms with van der Waals surface area (Å²) >= 11 is 5.97. The predicted molar refractivity (Wildman–Crippen MR) is 76.3 cm³/mol. The molecule has 20 heavy (non-hydrogen) atoms. The first-order valence-corrected chi connectivity index (χ1v) is 7.61. The first-order chi connectivity index (χ1) is 9.53. The molecule has 0 radical (unpaired) electrons. The van der Waals surface area contributed by atoms with Crippen LogP contribution in [0.15, 0.2) is 47.6 Å². The third kappa shape index (κ3) is 3.47. The fourth-order valence-corrected chi connectivity index (χ4v) is 3.13. The maximum absolute atomic E-state index is 12.2. The standard InChI is InChI=1S/C13H13ClN2O3S/c1-19-11-2-3-13(12(14)8-11)20(17,18)16-9-10-4-6-15-7-5-10/h2-8,16H,9H2,1H3. The van der Waals surface area contributed by atoms with Crippen molar-refractivity contribution in [3.8, 4) is 5.75 Å². The van der Waals surface area contributed by atoms with Crippen LogP contribution in [0.4, 0.5) is 0 Å². The van der Waals surface area contributed by atoms with Crippen molar-refractivity contribution < 1.29 is 13.2 Å². The lowest BCUT2D eigenvalue weighted by Crippen LogP contribution is -2.23. The summed E-state index contributed by atoms with van der Waals surface area (Å²) in [6, 6.07) is 7.89. The Bertz CT molecular complexity index is 690. The van der Waals surface area contributed by atoms with Gasteiger partial charge in [-0.15, -0.1) is 0 Å². The number of methoxy groups -OCH3 is 1. The molecule has 0 aliphatic rings. The number of hydrogen-bond donors (Lipinski definition) is 1. The molecule has 1 aromatic carbocycles. The maximum atomic E-state index is 12.2. The zero-order chi connectivity index (χ0) is 14.6. The lowest BCUT2D eigenvalue weighted by Gasteiger charge is -2.09. The van der Waals surface area contributed by atoms with E-state index in [0.29, 0.717) is 5.75 Å². The van der Waals surface area contributed by atoms with Crippen molar-refractivity contribution in [3.63, 3.8) is 0 Å². The van der Waals surface area contributed by atoms with E-state index in [2.05, 4.69) is 9.71 Å². The van der Waals surface area contributed by atoms with Gasteiger partial charge in [-0.1, -0.05) is 11.6 Å². The Morgan fingerprint density at radius 1 is 1.25 bits per heavy atom. The van der Waals surface area contributed by atoms with Crippen molar-refractivity contribution in [1.29, 1.82) is 0 Å². The molecule has 1 heterocycles. The van der Waals surface area contributed by atoms with Gasteiger partial charge in [0.2, 0.25) is 10.0 Å². The maximum Gasteiger partial charge on any atom is 0.242 e. The summed E-state index contributed by atoms with van der Waals surface area (Å²) in [5.41, 5.74) is 0.813. The third-order valence-corrected chi connectivity index (χ3v) is 4.53. The Hall–Kier alpha value is -1.63. The summed E-state index contributed by atoms with van der Waals surface area (Å²) in [5.74, 6) is 0.503. The molecule has 0 bridgehead atoms. The molecule has 0 atom stereocenters. The molecular formula is C13H13ClN2O3S. The summed E-state index contributed by atoms with van der Waals surface area (Å²) in [5, 5.41) is 0.117. The molecule has 0 saturated heterocycles. The van der Waals surface area contributed by atoms with Crippen LogP contribution in [0, 0.1) is 0 Å². The Balaban J connectivity index is 2.18. The lowest BCUT2D eigenvalue weighted by atomic mass is 10.3. The van der Waals surface area contributed by atoms with Gasteiger partial charge in [0.25, 0.3) is 0 Å². The van der Waals surface area contributed by atoms with Gasteiger partial charge in [0.1, 0.15) is 10.6 Å². The van der Waals surface area contributed by atoms with Crippen LogP contribution in [0.1, 0.15) is 5.56 Å². The molecule has 106 valence electrons. The van der Waals surface area contributed by atoms with Gasteiger partial charge < -0.3 is 4.74 Å². The van der Waals surface area contributed by atoms with Gasteiger partial charge in [-0.2, -0.15) is 0 Å². The molecule has 1 aromatic heterocycles. The quantitative estimate of drug-likeness (QED) is 0.919. The average Bonchev–Trinajstić information content (AvgIpc) is 2.46. The van der Waals surface area contributed by atoms with Crippen LogP contribution in [-0.2, 0) is 16.6 Å². The van der Waals surface area contributed by atoms with Crippen LogP contribution >= 0.6 is 11.6 Å². The number of benzene rings is 1. The van der Waals surface area contributed by atoms with E-state index < -0.39 is 10.0 Å². The largest absolute Gasteiger partial charge is 0.497 e. The fourth-order valence-electron chi connectivity index (χ4n) is 1.58. The number of rotatable bonds is 5. The van der Waals surface area contributed by atoms with Crippen LogP contribution < -0.4 is 9.46 Å². The van der Waals surface area contributed by atoms with Crippen molar-refractivity contribution in [2.24, 2.45) is 0 Å². The minimum Gasteiger partial charge on any atom is -0.497 e. The lowest BCUT2D eigenvalue weighted by molar-refractivity contribution is 0.414. The molecule has 5 nitrogen and oxygen atoms in total. The van der Waals surface area contributed by atoms with Crippen molar-refractivity contribution in [2.45, 2.75) is 11.4 Å². The topological polar surface area (TPSA) is 68.3 Å². The van der Waals surface area contributed by atoms with E-state index in [9.17, 15) is 8.42 Å². The van der Waals surface area contributed by atoms with Crippen LogP contribution in [0.3, 0.4) is 0 Å². The molecule has 0 spiro atoms. The molecular weight excluding hydrogens is 300 g/mol. The first kappa shape index (κ1) is 14.8. The van der Waals surface area contributed by atoms with E-state index in [0.717, 1.165) is 5.56 Å². The molecule has 0 aliphatic carbocycles. The number of ether oxygens (including phenoxy) is 1. The van der Waals surface area contributed by atoms with Crippen molar-refractivity contribution >= 4 is 21.6 Å². The molecule has 0 fully saturated rings. The molecule has 0 aliphatic heterocycles. The van der Waals surface area contributed by atoms with Crippen molar-refractivity contribution in [1.82, 2.24) is 9.71 Å². The Morgan fingerprint density at radius 2 is 1.95 bits per heavy atom. The van der Waals surface area contributed by atoms with Gasteiger partial charge in [-0.3, -0.25) is 4.98 Å². The van der Waals surface area contributed by atoms with Crippen LogP contribution in [-0.4, -0.2) is 20.5 Å². The molecule has 0 saturated carbocycles. The third-order valence-electron chi connectivity index (χ3n) is 2.64. The second-order valence-corrected chi connectivity index (χ2v) is 6.12. The highest BCUT2D eigenvalue weighted by Gasteiger charge is 2.18. The highest BCUT2D eigenvalue weighted by atomic mass is 35.5. The van der Waals surface area contributed by atoms with Crippen molar-refractivity contribution in [3.05, 3.63) is 53.3 Å². The first-order valence-electron chi connectivity index (χ1n) is 5.75. The monoisotopic (exact) mass is 312 g/mol. The predicted octanol–water partition coefficient (Wildman–Crippen LogP) is 2.22. The van der Waals surface area contributed by atoms with Crippen molar-refractivity contribution in [2.75, 3.05) is 7.11 Å². The van der Waals surface area contributed by atoms with E-state index >= 15 is 0 Å². The van der Waals surface area contributed by atoms with E-state index in [1.807, 2.05) is 0 Å².